The molecule has 0 aliphatic heterocycles. The number of carbonyl (C=O) groups excluding carboxylic acids is 1. The maximum atomic E-state index is 12.3. The van der Waals surface area contributed by atoms with Gasteiger partial charge in [-0.05, 0) is 55.2 Å². The van der Waals surface area contributed by atoms with Crippen molar-refractivity contribution in [3.8, 4) is 17.0 Å². The van der Waals surface area contributed by atoms with Gasteiger partial charge in [0.1, 0.15) is 5.75 Å². The summed E-state index contributed by atoms with van der Waals surface area (Å²) in [4.78, 5) is 16.8. The normalized spacial score (nSPS) is 11.8. The number of nitrogens with zero attached hydrogens (tertiary/aromatic N) is 1. The Labute approximate surface area is 201 Å². The lowest BCUT2D eigenvalue weighted by Gasteiger charge is -2.12. The fourth-order valence-electron chi connectivity index (χ4n) is 3.78. The van der Waals surface area contributed by atoms with Crippen molar-refractivity contribution in [1.29, 1.82) is 0 Å². The molecule has 182 valence electrons. The number of ether oxygens (including phenoxy) is 2. The Kier molecular flexibility index (Phi) is 13.3. The third-order valence-electron chi connectivity index (χ3n) is 5.97. The maximum absolute atomic E-state index is 12.3. The van der Waals surface area contributed by atoms with Crippen LogP contribution in [0.4, 0.5) is 0 Å². The summed E-state index contributed by atoms with van der Waals surface area (Å²) in [5.74, 6) is 0.976. The lowest BCUT2D eigenvalue weighted by molar-refractivity contribution is 0.0442. The van der Waals surface area contributed by atoms with E-state index in [1.807, 2.05) is 30.3 Å². The minimum Gasteiger partial charge on any atom is -0.494 e. The van der Waals surface area contributed by atoms with Gasteiger partial charge in [0, 0.05) is 11.8 Å². The highest BCUT2D eigenvalue weighted by Crippen LogP contribution is 2.21. The second kappa shape index (κ2) is 16.3. The zero-order valence-electron chi connectivity index (χ0n) is 21.0. The van der Waals surface area contributed by atoms with Crippen LogP contribution in [0.25, 0.3) is 11.3 Å². The molecule has 0 radical (unpaired) electrons. The summed E-state index contributed by atoms with van der Waals surface area (Å²) in [5, 5.41) is 0. The van der Waals surface area contributed by atoms with Gasteiger partial charge in [-0.25, -0.2) is 4.79 Å². The van der Waals surface area contributed by atoms with Gasteiger partial charge in [0.05, 0.1) is 24.5 Å². The molecule has 2 aromatic rings. The number of carbonyl (C=O) groups is 1. The van der Waals surface area contributed by atoms with Crippen LogP contribution >= 0.6 is 0 Å². The van der Waals surface area contributed by atoms with Crippen molar-refractivity contribution in [3.63, 3.8) is 0 Å². The predicted molar refractivity (Wildman–Crippen MR) is 137 cm³/mol. The van der Waals surface area contributed by atoms with Gasteiger partial charge in [0.2, 0.25) is 0 Å². The van der Waals surface area contributed by atoms with Gasteiger partial charge < -0.3 is 9.47 Å². The summed E-state index contributed by atoms with van der Waals surface area (Å²) in [6, 6.07) is 11.7. The predicted octanol–water partition coefficient (Wildman–Crippen LogP) is 8.25. The molecule has 1 atom stereocenters. The minimum absolute atomic E-state index is 0.298. The van der Waals surface area contributed by atoms with Crippen LogP contribution in [-0.4, -0.2) is 24.2 Å². The highest BCUT2D eigenvalue weighted by Gasteiger charge is 2.11. The lowest BCUT2D eigenvalue weighted by Crippen LogP contribution is -2.12. The van der Waals surface area contributed by atoms with E-state index in [0.717, 1.165) is 36.5 Å². The number of aromatic nitrogens is 1. The van der Waals surface area contributed by atoms with Crippen molar-refractivity contribution < 1.29 is 14.3 Å². The van der Waals surface area contributed by atoms with Crippen molar-refractivity contribution in [3.05, 3.63) is 48.2 Å². The van der Waals surface area contributed by atoms with E-state index in [0.29, 0.717) is 18.1 Å². The first-order chi connectivity index (χ1) is 16.1. The molecular weight excluding hydrogens is 410 g/mol. The topological polar surface area (TPSA) is 48.4 Å². The van der Waals surface area contributed by atoms with E-state index in [-0.39, 0.29) is 5.97 Å². The average Bonchev–Trinajstić information content (AvgIpc) is 2.85. The van der Waals surface area contributed by atoms with Crippen LogP contribution in [0.2, 0.25) is 0 Å². The molecule has 0 saturated heterocycles. The fraction of sp³-hybridized carbons (Fsp3) is 0.586. The van der Waals surface area contributed by atoms with Crippen LogP contribution in [-0.2, 0) is 4.74 Å². The summed E-state index contributed by atoms with van der Waals surface area (Å²) in [6.07, 6.45) is 15.2. The summed E-state index contributed by atoms with van der Waals surface area (Å²) in [5.41, 5.74) is 2.33. The SMILES string of the molecule is CCCCCCCCOc1ccc(-c2ccc(C(=O)OCC(C)CCCCCC)cn2)cc1. The molecule has 1 aromatic heterocycles. The Morgan fingerprint density at radius 3 is 2.18 bits per heavy atom. The molecule has 4 nitrogen and oxygen atoms in total. The van der Waals surface area contributed by atoms with Crippen molar-refractivity contribution in [2.75, 3.05) is 13.2 Å². The van der Waals surface area contributed by atoms with Crippen molar-refractivity contribution in [1.82, 2.24) is 4.98 Å². The molecule has 33 heavy (non-hydrogen) atoms. The van der Waals surface area contributed by atoms with E-state index in [2.05, 4.69) is 25.8 Å². The lowest BCUT2D eigenvalue weighted by atomic mass is 10.0. The number of rotatable bonds is 17. The van der Waals surface area contributed by atoms with E-state index in [1.165, 1.54) is 57.8 Å². The smallest absolute Gasteiger partial charge is 0.339 e. The van der Waals surface area contributed by atoms with E-state index in [9.17, 15) is 4.79 Å². The van der Waals surface area contributed by atoms with Crippen LogP contribution in [0.3, 0.4) is 0 Å². The molecule has 0 spiro atoms. The third-order valence-corrected chi connectivity index (χ3v) is 5.97. The zero-order valence-corrected chi connectivity index (χ0v) is 21.0. The molecule has 0 amide bonds. The first kappa shape index (κ1) is 26.9. The number of unbranched alkanes of at least 4 members (excludes halogenated alkanes) is 8. The average molecular weight is 454 g/mol. The van der Waals surface area contributed by atoms with Gasteiger partial charge in [0.15, 0.2) is 0 Å². The molecule has 0 saturated carbocycles. The van der Waals surface area contributed by atoms with Gasteiger partial charge in [0.25, 0.3) is 0 Å². The summed E-state index contributed by atoms with van der Waals surface area (Å²) >= 11 is 0. The van der Waals surface area contributed by atoms with Gasteiger partial charge in [-0.3, -0.25) is 4.98 Å². The number of hydrogen-bond acceptors (Lipinski definition) is 4. The number of esters is 1. The number of benzene rings is 1. The molecule has 0 bridgehead atoms. The Balaban J connectivity index is 1.73. The van der Waals surface area contributed by atoms with Crippen LogP contribution < -0.4 is 4.74 Å². The fourth-order valence-corrected chi connectivity index (χ4v) is 3.78. The van der Waals surface area contributed by atoms with E-state index in [4.69, 9.17) is 9.47 Å². The van der Waals surface area contributed by atoms with Crippen molar-refractivity contribution in [2.45, 2.75) is 91.4 Å². The first-order valence-electron chi connectivity index (χ1n) is 13.0. The molecule has 0 N–H and O–H groups in total. The number of pyridine rings is 1. The van der Waals surface area contributed by atoms with Crippen LogP contribution in [0, 0.1) is 5.92 Å². The highest BCUT2D eigenvalue weighted by atomic mass is 16.5. The van der Waals surface area contributed by atoms with Crippen LogP contribution in [0.15, 0.2) is 42.6 Å². The summed E-state index contributed by atoms with van der Waals surface area (Å²) < 4.78 is 11.3. The summed E-state index contributed by atoms with van der Waals surface area (Å²) in [6.45, 7) is 7.82. The molecule has 1 aromatic carbocycles. The quantitative estimate of drug-likeness (QED) is 0.179. The Bertz CT molecular complexity index is 770. The molecule has 2 rings (SSSR count). The third kappa shape index (κ3) is 10.9. The molecule has 1 heterocycles. The minimum atomic E-state index is -0.298. The van der Waals surface area contributed by atoms with E-state index in [1.54, 1.807) is 12.3 Å². The molecule has 0 aliphatic carbocycles. The largest absolute Gasteiger partial charge is 0.494 e. The highest BCUT2D eigenvalue weighted by molar-refractivity contribution is 5.89. The first-order valence-corrected chi connectivity index (χ1v) is 13.0. The Morgan fingerprint density at radius 1 is 0.848 bits per heavy atom. The number of hydrogen-bond donors (Lipinski definition) is 0. The second-order valence-electron chi connectivity index (χ2n) is 9.13. The summed E-state index contributed by atoms with van der Waals surface area (Å²) in [7, 11) is 0. The van der Waals surface area contributed by atoms with Crippen LogP contribution in [0.1, 0.15) is 102 Å². The van der Waals surface area contributed by atoms with Gasteiger partial charge in [-0.1, -0.05) is 78.6 Å². The van der Waals surface area contributed by atoms with E-state index >= 15 is 0 Å². The van der Waals surface area contributed by atoms with Gasteiger partial charge in [-0.2, -0.15) is 0 Å². The molecule has 0 aliphatic rings. The van der Waals surface area contributed by atoms with E-state index < -0.39 is 0 Å². The molecular formula is C29H43NO3. The Morgan fingerprint density at radius 2 is 1.52 bits per heavy atom. The second-order valence-corrected chi connectivity index (χ2v) is 9.13. The molecule has 1 unspecified atom stereocenters. The van der Waals surface area contributed by atoms with Gasteiger partial charge >= 0.3 is 5.97 Å². The molecule has 0 fully saturated rings. The monoisotopic (exact) mass is 453 g/mol. The van der Waals surface area contributed by atoms with Crippen molar-refractivity contribution >= 4 is 5.97 Å². The van der Waals surface area contributed by atoms with Crippen molar-refractivity contribution in [2.24, 2.45) is 5.92 Å². The van der Waals surface area contributed by atoms with Gasteiger partial charge in [-0.15, -0.1) is 0 Å². The zero-order chi connectivity index (χ0) is 23.7. The maximum Gasteiger partial charge on any atom is 0.339 e. The Hall–Kier alpha value is -2.36. The molecule has 4 heteroatoms. The van der Waals surface area contributed by atoms with Crippen LogP contribution in [0.5, 0.6) is 5.75 Å². The standard InChI is InChI=1S/C29H43NO3/c1-4-6-8-10-11-13-21-32-27-18-15-25(16-19-27)28-20-17-26(22-30-28)29(31)33-23-24(3)14-12-9-7-5-2/h15-20,22,24H,4-14,21,23H2,1-3H3.